The van der Waals surface area contributed by atoms with Gasteiger partial charge in [-0.05, 0) is 55.4 Å². The van der Waals surface area contributed by atoms with Gasteiger partial charge in [0.1, 0.15) is 11.3 Å². The molecule has 0 radical (unpaired) electrons. The molecular formula is C17H15BrClNO. The van der Waals surface area contributed by atoms with Crippen LogP contribution in [-0.2, 0) is 0 Å². The van der Waals surface area contributed by atoms with Gasteiger partial charge in [-0.2, -0.15) is 0 Å². The molecule has 2 nitrogen and oxygen atoms in total. The van der Waals surface area contributed by atoms with Gasteiger partial charge in [0.05, 0.1) is 6.04 Å². The largest absolute Gasteiger partial charge is 0.459 e. The van der Waals surface area contributed by atoms with E-state index in [2.05, 4.69) is 46.4 Å². The van der Waals surface area contributed by atoms with Crippen LogP contribution in [0.5, 0.6) is 0 Å². The lowest BCUT2D eigenvalue weighted by Gasteiger charge is -2.16. The highest BCUT2D eigenvalue weighted by Gasteiger charge is 2.19. The van der Waals surface area contributed by atoms with Crippen molar-refractivity contribution < 1.29 is 4.42 Å². The van der Waals surface area contributed by atoms with Crippen molar-refractivity contribution in [2.24, 2.45) is 0 Å². The molecule has 1 unspecified atom stereocenters. The van der Waals surface area contributed by atoms with Gasteiger partial charge < -0.3 is 9.73 Å². The third-order valence-corrected chi connectivity index (χ3v) is 4.46. The Morgan fingerprint density at radius 2 is 1.95 bits per heavy atom. The van der Waals surface area contributed by atoms with Gasteiger partial charge in [0.15, 0.2) is 0 Å². The molecule has 1 aromatic heterocycles. The van der Waals surface area contributed by atoms with Crippen LogP contribution in [0.1, 0.15) is 22.9 Å². The Morgan fingerprint density at radius 1 is 1.14 bits per heavy atom. The number of aryl methyl sites for hydroxylation is 1. The van der Waals surface area contributed by atoms with Crippen molar-refractivity contribution >= 4 is 38.5 Å². The molecule has 0 bridgehead atoms. The Hall–Kier alpha value is -1.29. The standard InChI is InChI=1S/C17H15BrClNO/c1-10-3-5-13(14(18)7-10)17(20-2)16-9-11-8-12(19)4-6-15(11)21-16/h3-9,17,20H,1-2H3. The summed E-state index contributed by atoms with van der Waals surface area (Å²) in [6, 6.07) is 14.0. The summed E-state index contributed by atoms with van der Waals surface area (Å²) in [6.45, 7) is 2.08. The highest BCUT2D eigenvalue weighted by molar-refractivity contribution is 9.10. The van der Waals surface area contributed by atoms with Crippen LogP contribution < -0.4 is 5.32 Å². The molecule has 0 spiro atoms. The number of rotatable bonds is 3. The molecule has 0 aliphatic carbocycles. The zero-order valence-corrected chi connectivity index (χ0v) is 14.1. The lowest BCUT2D eigenvalue weighted by molar-refractivity contribution is 0.491. The average Bonchev–Trinajstić information content (AvgIpc) is 2.84. The fourth-order valence-electron chi connectivity index (χ4n) is 2.49. The molecule has 1 atom stereocenters. The molecule has 3 aromatic rings. The normalized spacial score (nSPS) is 12.8. The van der Waals surface area contributed by atoms with E-state index < -0.39 is 0 Å². The molecule has 0 saturated carbocycles. The zero-order valence-electron chi connectivity index (χ0n) is 11.8. The summed E-state index contributed by atoms with van der Waals surface area (Å²) in [7, 11) is 1.93. The fraction of sp³-hybridized carbons (Fsp3) is 0.176. The van der Waals surface area contributed by atoms with Gasteiger partial charge in [-0.15, -0.1) is 0 Å². The predicted octanol–water partition coefficient (Wildman–Crippen LogP) is 5.47. The maximum absolute atomic E-state index is 6.04. The molecule has 4 heteroatoms. The summed E-state index contributed by atoms with van der Waals surface area (Å²) in [5.74, 6) is 0.874. The van der Waals surface area contributed by atoms with E-state index in [9.17, 15) is 0 Å². The molecule has 2 aromatic carbocycles. The number of halogens is 2. The minimum absolute atomic E-state index is 0.00819. The molecular weight excluding hydrogens is 350 g/mol. The molecule has 3 rings (SSSR count). The molecule has 0 aliphatic rings. The summed E-state index contributed by atoms with van der Waals surface area (Å²) in [4.78, 5) is 0. The van der Waals surface area contributed by atoms with Crippen molar-refractivity contribution in [3.63, 3.8) is 0 Å². The van der Waals surface area contributed by atoms with E-state index >= 15 is 0 Å². The van der Waals surface area contributed by atoms with Gasteiger partial charge in [0, 0.05) is 14.9 Å². The van der Waals surface area contributed by atoms with Crippen LogP contribution in [0.25, 0.3) is 11.0 Å². The van der Waals surface area contributed by atoms with Crippen molar-refractivity contribution in [1.82, 2.24) is 5.32 Å². The fourth-order valence-corrected chi connectivity index (χ4v) is 3.40. The summed E-state index contributed by atoms with van der Waals surface area (Å²) in [5.41, 5.74) is 3.21. The van der Waals surface area contributed by atoms with E-state index in [4.69, 9.17) is 16.0 Å². The molecule has 0 amide bonds. The maximum Gasteiger partial charge on any atom is 0.134 e. The lowest BCUT2D eigenvalue weighted by Crippen LogP contribution is -2.17. The van der Waals surface area contributed by atoms with E-state index in [1.54, 1.807) is 0 Å². The van der Waals surface area contributed by atoms with Crippen molar-refractivity contribution in [2.45, 2.75) is 13.0 Å². The summed E-state index contributed by atoms with van der Waals surface area (Å²) >= 11 is 9.67. The van der Waals surface area contributed by atoms with Gasteiger partial charge in [-0.1, -0.05) is 39.7 Å². The quantitative estimate of drug-likeness (QED) is 0.667. The first-order valence-electron chi connectivity index (χ1n) is 6.71. The minimum Gasteiger partial charge on any atom is -0.459 e. The summed E-state index contributed by atoms with van der Waals surface area (Å²) in [6.07, 6.45) is 0. The van der Waals surface area contributed by atoms with Gasteiger partial charge >= 0.3 is 0 Å². The molecule has 1 N–H and O–H groups in total. The van der Waals surface area contributed by atoms with Crippen LogP contribution in [0, 0.1) is 6.92 Å². The highest BCUT2D eigenvalue weighted by atomic mass is 79.9. The predicted molar refractivity (Wildman–Crippen MR) is 91.0 cm³/mol. The number of nitrogens with one attached hydrogen (secondary N) is 1. The number of fused-ring (bicyclic) bond motifs is 1. The third kappa shape index (κ3) is 2.86. The van der Waals surface area contributed by atoms with E-state index in [-0.39, 0.29) is 6.04 Å². The lowest BCUT2D eigenvalue weighted by atomic mass is 10.0. The van der Waals surface area contributed by atoms with Crippen molar-refractivity contribution in [1.29, 1.82) is 0 Å². The number of hydrogen-bond donors (Lipinski definition) is 1. The van der Waals surface area contributed by atoms with Crippen molar-refractivity contribution in [2.75, 3.05) is 7.05 Å². The molecule has 0 fully saturated rings. The maximum atomic E-state index is 6.04. The van der Waals surface area contributed by atoms with Crippen LogP contribution in [0.3, 0.4) is 0 Å². The number of hydrogen-bond acceptors (Lipinski definition) is 2. The SMILES string of the molecule is CNC(c1cc2cc(Cl)ccc2o1)c1ccc(C)cc1Br. The number of benzene rings is 2. The summed E-state index contributed by atoms with van der Waals surface area (Å²) in [5, 5.41) is 5.04. The first-order valence-corrected chi connectivity index (χ1v) is 7.88. The second kappa shape index (κ2) is 5.84. The van der Waals surface area contributed by atoms with Crippen molar-refractivity contribution in [3.05, 3.63) is 68.8 Å². The molecule has 108 valence electrons. The van der Waals surface area contributed by atoms with Gasteiger partial charge in [0.25, 0.3) is 0 Å². The second-order valence-corrected chi connectivity index (χ2v) is 6.37. The summed E-state index contributed by atoms with van der Waals surface area (Å²) < 4.78 is 7.04. The monoisotopic (exact) mass is 363 g/mol. The molecule has 0 aliphatic heterocycles. The van der Waals surface area contributed by atoms with Gasteiger partial charge in [-0.3, -0.25) is 0 Å². The smallest absolute Gasteiger partial charge is 0.134 e. The van der Waals surface area contributed by atoms with E-state index in [0.29, 0.717) is 5.02 Å². The van der Waals surface area contributed by atoms with Crippen LogP contribution in [0.2, 0.25) is 5.02 Å². The van der Waals surface area contributed by atoms with Gasteiger partial charge in [-0.25, -0.2) is 0 Å². The minimum atomic E-state index is -0.00819. The molecule has 21 heavy (non-hydrogen) atoms. The highest BCUT2D eigenvalue weighted by Crippen LogP contribution is 2.33. The molecule has 1 heterocycles. The van der Waals surface area contributed by atoms with E-state index in [1.807, 2.05) is 31.3 Å². The average molecular weight is 365 g/mol. The second-order valence-electron chi connectivity index (χ2n) is 5.08. The Labute approximate surface area is 137 Å². The van der Waals surface area contributed by atoms with E-state index in [0.717, 1.165) is 26.8 Å². The van der Waals surface area contributed by atoms with Crippen molar-refractivity contribution in [3.8, 4) is 0 Å². The van der Waals surface area contributed by atoms with Gasteiger partial charge in [0.2, 0.25) is 0 Å². The first-order chi connectivity index (χ1) is 10.1. The Kier molecular flexibility index (Phi) is 4.07. The van der Waals surface area contributed by atoms with Crippen LogP contribution in [-0.4, -0.2) is 7.05 Å². The Balaban J connectivity index is 2.09. The van der Waals surface area contributed by atoms with Crippen LogP contribution in [0.15, 0.2) is 51.4 Å². The van der Waals surface area contributed by atoms with Crippen LogP contribution >= 0.6 is 27.5 Å². The van der Waals surface area contributed by atoms with E-state index in [1.165, 1.54) is 5.56 Å². The van der Waals surface area contributed by atoms with Crippen LogP contribution in [0.4, 0.5) is 0 Å². The molecule has 0 saturated heterocycles. The first kappa shape index (κ1) is 14.6. The Morgan fingerprint density at radius 3 is 2.67 bits per heavy atom. The number of furan rings is 1. The third-order valence-electron chi connectivity index (χ3n) is 3.54. The Bertz CT molecular complexity index is 797. The topological polar surface area (TPSA) is 25.2 Å². The zero-order chi connectivity index (χ0) is 15.0.